The minimum atomic E-state index is -0.685. The lowest BCUT2D eigenvalue weighted by molar-refractivity contribution is 0.0449. The van der Waals surface area contributed by atoms with E-state index in [1.54, 1.807) is 0 Å². The minimum Gasteiger partial charge on any atom is -0.388 e. The van der Waals surface area contributed by atoms with E-state index in [9.17, 15) is 9.90 Å². The first-order valence-electron chi connectivity index (χ1n) is 6.58. The van der Waals surface area contributed by atoms with Crippen molar-refractivity contribution >= 4 is 5.91 Å². The zero-order chi connectivity index (χ0) is 13.2. The van der Waals surface area contributed by atoms with Gasteiger partial charge < -0.3 is 10.4 Å². The molecule has 3 nitrogen and oxygen atoms in total. The van der Waals surface area contributed by atoms with Gasteiger partial charge in [0.25, 0.3) is 5.91 Å². The molecule has 1 aromatic rings. The number of benzene rings is 1. The SMILES string of the molecule is Cc1ccc(C(=O)NCC2(O)CCCC2)cc1C. The Bertz CT molecular complexity index is 448. The number of nitrogens with one attached hydrogen (secondary N) is 1. The Kier molecular flexibility index (Phi) is 3.71. The van der Waals surface area contributed by atoms with Gasteiger partial charge in [0.2, 0.25) is 0 Å². The van der Waals surface area contributed by atoms with E-state index >= 15 is 0 Å². The van der Waals surface area contributed by atoms with E-state index in [0.29, 0.717) is 12.1 Å². The van der Waals surface area contributed by atoms with Crippen molar-refractivity contribution in [2.75, 3.05) is 6.54 Å². The lowest BCUT2D eigenvalue weighted by Gasteiger charge is -2.22. The molecule has 3 heteroatoms. The smallest absolute Gasteiger partial charge is 0.251 e. The molecule has 18 heavy (non-hydrogen) atoms. The van der Waals surface area contributed by atoms with E-state index in [1.165, 1.54) is 5.56 Å². The van der Waals surface area contributed by atoms with Crippen molar-refractivity contribution in [2.24, 2.45) is 0 Å². The molecule has 0 radical (unpaired) electrons. The van der Waals surface area contributed by atoms with Crippen LogP contribution in [0.2, 0.25) is 0 Å². The highest BCUT2D eigenvalue weighted by molar-refractivity contribution is 5.94. The maximum Gasteiger partial charge on any atom is 0.251 e. The van der Waals surface area contributed by atoms with Gasteiger partial charge >= 0.3 is 0 Å². The number of aryl methyl sites for hydroxylation is 2. The van der Waals surface area contributed by atoms with Crippen LogP contribution >= 0.6 is 0 Å². The highest BCUT2D eigenvalue weighted by Gasteiger charge is 2.31. The molecule has 0 heterocycles. The molecular formula is C15H21NO2. The van der Waals surface area contributed by atoms with Crippen LogP contribution in [0.4, 0.5) is 0 Å². The third-order valence-corrected chi connectivity index (χ3v) is 3.88. The summed E-state index contributed by atoms with van der Waals surface area (Å²) in [6.45, 7) is 4.38. The lowest BCUT2D eigenvalue weighted by Crippen LogP contribution is -2.40. The number of carbonyl (C=O) groups is 1. The van der Waals surface area contributed by atoms with E-state index in [2.05, 4.69) is 5.32 Å². The molecule has 1 saturated carbocycles. The van der Waals surface area contributed by atoms with Crippen LogP contribution in [0, 0.1) is 13.8 Å². The number of amides is 1. The maximum atomic E-state index is 12.0. The van der Waals surface area contributed by atoms with Crippen LogP contribution in [0.15, 0.2) is 18.2 Å². The number of rotatable bonds is 3. The molecule has 0 bridgehead atoms. The van der Waals surface area contributed by atoms with Crippen molar-refractivity contribution in [3.8, 4) is 0 Å². The maximum absolute atomic E-state index is 12.0. The molecule has 0 aliphatic heterocycles. The average molecular weight is 247 g/mol. The molecule has 1 aliphatic rings. The largest absolute Gasteiger partial charge is 0.388 e. The Morgan fingerprint density at radius 2 is 1.94 bits per heavy atom. The Labute approximate surface area is 108 Å². The standard InChI is InChI=1S/C15H21NO2/c1-11-5-6-13(9-12(11)2)14(17)16-10-15(18)7-3-4-8-15/h5-6,9,18H,3-4,7-8,10H2,1-2H3,(H,16,17). The van der Waals surface area contributed by atoms with Gasteiger partial charge in [0.15, 0.2) is 0 Å². The molecule has 0 saturated heterocycles. The quantitative estimate of drug-likeness (QED) is 0.861. The van der Waals surface area contributed by atoms with Gasteiger partial charge in [-0.2, -0.15) is 0 Å². The van der Waals surface area contributed by atoms with Crippen LogP contribution in [0.5, 0.6) is 0 Å². The van der Waals surface area contributed by atoms with Gasteiger partial charge in [-0.1, -0.05) is 18.9 Å². The zero-order valence-electron chi connectivity index (χ0n) is 11.1. The lowest BCUT2D eigenvalue weighted by atomic mass is 10.0. The predicted octanol–water partition coefficient (Wildman–Crippen LogP) is 2.34. The van der Waals surface area contributed by atoms with Crippen molar-refractivity contribution in [1.82, 2.24) is 5.32 Å². The third-order valence-electron chi connectivity index (χ3n) is 3.88. The summed E-state index contributed by atoms with van der Waals surface area (Å²) in [5.41, 5.74) is 2.28. The van der Waals surface area contributed by atoms with Crippen molar-refractivity contribution in [1.29, 1.82) is 0 Å². The molecule has 0 unspecified atom stereocenters. The highest BCUT2D eigenvalue weighted by Crippen LogP contribution is 2.28. The van der Waals surface area contributed by atoms with E-state index in [0.717, 1.165) is 31.2 Å². The fourth-order valence-corrected chi connectivity index (χ4v) is 2.44. The Hall–Kier alpha value is -1.35. The fourth-order valence-electron chi connectivity index (χ4n) is 2.44. The molecule has 0 aromatic heterocycles. The summed E-state index contributed by atoms with van der Waals surface area (Å²) in [7, 11) is 0. The number of aliphatic hydroxyl groups is 1. The van der Waals surface area contributed by atoms with E-state index in [-0.39, 0.29) is 5.91 Å². The summed E-state index contributed by atoms with van der Waals surface area (Å²) >= 11 is 0. The second-order valence-corrected chi connectivity index (χ2v) is 5.41. The van der Waals surface area contributed by atoms with E-state index in [1.807, 2.05) is 32.0 Å². The summed E-state index contributed by atoms with van der Waals surface area (Å²) in [4.78, 5) is 12.0. The average Bonchev–Trinajstić information content (AvgIpc) is 2.77. The van der Waals surface area contributed by atoms with Crippen molar-refractivity contribution in [2.45, 2.75) is 45.1 Å². The Balaban J connectivity index is 1.97. The van der Waals surface area contributed by atoms with Gasteiger partial charge in [-0.05, 0) is 49.9 Å². The second kappa shape index (κ2) is 5.11. The van der Waals surface area contributed by atoms with Crippen molar-refractivity contribution in [3.05, 3.63) is 34.9 Å². The highest BCUT2D eigenvalue weighted by atomic mass is 16.3. The van der Waals surface area contributed by atoms with Crippen LogP contribution < -0.4 is 5.32 Å². The summed E-state index contributed by atoms with van der Waals surface area (Å²) in [5.74, 6) is -0.0987. The van der Waals surface area contributed by atoms with Crippen molar-refractivity contribution < 1.29 is 9.90 Å². The molecule has 98 valence electrons. The molecule has 1 amide bonds. The summed E-state index contributed by atoms with van der Waals surface area (Å²) < 4.78 is 0. The molecule has 0 atom stereocenters. The van der Waals surface area contributed by atoms with E-state index < -0.39 is 5.60 Å². The topological polar surface area (TPSA) is 49.3 Å². The van der Waals surface area contributed by atoms with Crippen LogP contribution in [0.25, 0.3) is 0 Å². The molecule has 1 fully saturated rings. The summed E-state index contributed by atoms with van der Waals surface area (Å²) in [6.07, 6.45) is 3.69. The first-order valence-corrected chi connectivity index (χ1v) is 6.58. The van der Waals surface area contributed by atoms with Crippen LogP contribution in [0.3, 0.4) is 0 Å². The number of hydrogen-bond acceptors (Lipinski definition) is 2. The van der Waals surface area contributed by atoms with Crippen molar-refractivity contribution in [3.63, 3.8) is 0 Å². The Morgan fingerprint density at radius 1 is 1.28 bits per heavy atom. The number of carbonyl (C=O) groups excluding carboxylic acids is 1. The summed E-state index contributed by atoms with van der Waals surface area (Å²) in [5, 5.41) is 13.0. The minimum absolute atomic E-state index is 0.0987. The number of hydrogen-bond donors (Lipinski definition) is 2. The van der Waals surface area contributed by atoms with Crippen LogP contribution in [0.1, 0.15) is 47.2 Å². The zero-order valence-corrected chi connectivity index (χ0v) is 11.1. The first kappa shape index (κ1) is 13.1. The predicted molar refractivity (Wildman–Crippen MR) is 71.7 cm³/mol. The Morgan fingerprint density at radius 3 is 2.56 bits per heavy atom. The molecule has 2 N–H and O–H groups in total. The fraction of sp³-hybridized carbons (Fsp3) is 0.533. The third kappa shape index (κ3) is 2.91. The molecule has 1 aromatic carbocycles. The van der Waals surface area contributed by atoms with Crippen LogP contribution in [-0.2, 0) is 0 Å². The van der Waals surface area contributed by atoms with Gasteiger partial charge in [0.05, 0.1) is 5.60 Å². The first-order chi connectivity index (χ1) is 8.50. The van der Waals surface area contributed by atoms with E-state index in [4.69, 9.17) is 0 Å². The summed E-state index contributed by atoms with van der Waals surface area (Å²) in [6, 6.07) is 5.67. The van der Waals surface area contributed by atoms with Gasteiger partial charge in [-0.3, -0.25) is 4.79 Å². The molecule has 1 aliphatic carbocycles. The molecule has 2 rings (SSSR count). The molecular weight excluding hydrogens is 226 g/mol. The van der Waals surface area contributed by atoms with Gasteiger partial charge in [-0.15, -0.1) is 0 Å². The van der Waals surface area contributed by atoms with Gasteiger partial charge in [-0.25, -0.2) is 0 Å². The molecule has 0 spiro atoms. The normalized spacial score (nSPS) is 17.7. The van der Waals surface area contributed by atoms with Gasteiger partial charge in [0.1, 0.15) is 0 Å². The second-order valence-electron chi connectivity index (χ2n) is 5.41. The monoisotopic (exact) mass is 247 g/mol. The van der Waals surface area contributed by atoms with Gasteiger partial charge in [0, 0.05) is 12.1 Å². The van der Waals surface area contributed by atoms with Crippen LogP contribution in [-0.4, -0.2) is 23.2 Å².